The van der Waals surface area contributed by atoms with Crippen molar-refractivity contribution in [3.63, 3.8) is 0 Å². The zero-order chi connectivity index (χ0) is 20.9. The number of amides is 3. The number of aromatic amines is 1. The molecule has 0 saturated heterocycles. The van der Waals surface area contributed by atoms with Crippen LogP contribution in [-0.4, -0.2) is 42.5 Å². The lowest BCUT2D eigenvalue weighted by Crippen LogP contribution is -2.50. The number of rotatable bonds is 7. The summed E-state index contributed by atoms with van der Waals surface area (Å²) in [6.07, 6.45) is 0.439. The average Bonchev–Trinajstić information content (AvgIpc) is 3.03. The van der Waals surface area contributed by atoms with Gasteiger partial charge in [-0.15, -0.1) is 0 Å². The van der Waals surface area contributed by atoms with E-state index < -0.39 is 6.04 Å². The molecule has 1 aromatic heterocycles. The Balaban J connectivity index is 2.17. The number of ether oxygens (including phenoxy) is 1. The molecule has 1 atom stereocenters. The quantitative estimate of drug-likeness (QED) is 0.543. The fourth-order valence-corrected chi connectivity index (χ4v) is 2.86. The number of nitrogens with one attached hydrogen (secondary N) is 4. The second-order valence-corrected chi connectivity index (χ2v) is 7.85. The van der Waals surface area contributed by atoms with E-state index in [4.69, 9.17) is 4.74 Å². The summed E-state index contributed by atoms with van der Waals surface area (Å²) >= 11 is 0. The van der Waals surface area contributed by atoms with Crippen molar-refractivity contribution in [2.75, 3.05) is 13.8 Å². The van der Waals surface area contributed by atoms with E-state index in [1.807, 2.05) is 39.0 Å². The highest BCUT2D eigenvalue weighted by Gasteiger charge is 2.27. The molecule has 0 aliphatic heterocycles. The molecule has 0 saturated carbocycles. The Hall–Kier alpha value is -3.03. The van der Waals surface area contributed by atoms with Crippen molar-refractivity contribution < 1.29 is 19.1 Å². The first kappa shape index (κ1) is 21.3. The van der Waals surface area contributed by atoms with Crippen LogP contribution in [0.15, 0.2) is 24.3 Å². The van der Waals surface area contributed by atoms with Crippen LogP contribution in [0.3, 0.4) is 0 Å². The Morgan fingerprint density at radius 3 is 2.50 bits per heavy atom. The third kappa shape index (κ3) is 5.73. The van der Waals surface area contributed by atoms with Crippen LogP contribution in [0.1, 0.15) is 44.6 Å². The first-order chi connectivity index (χ1) is 13.1. The topological polar surface area (TPSA) is 112 Å². The maximum atomic E-state index is 12.8. The third-order valence-electron chi connectivity index (χ3n) is 4.13. The van der Waals surface area contributed by atoms with Gasteiger partial charge in [0, 0.05) is 17.8 Å². The molecule has 0 bridgehead atoms. The van der Waals surface area contributed by atoms with Crippen molar-refractivity contribution in [1.82, 2.24) is 20.9 Å². The van der Waals surface area contributed by atoms with E-state index in [2.05, 4.69) is 20.9 Å². The largest absolute Gasteiger partial charge is 0.496 e. The smallest absolute Gasteiger partial charge is 0.268 e. The van der Waals surface area contributed by atoms with Crippen LogP contribution in [0, 0.1) is 5.41 Å². The van der Waals surface area contributed by atoms with Crippen molar-refractivity contribution in [1.29, 1.82) is 0 Å². The Morgan fingerprint density at radius 1 is 1.18 bits per heavy atom. The second kappa shape index (κ2) is 8.77. The van der Waals surface area contributed by atoms with Gasteiger partial charge in [0.2, 0.25) is 11.8 Å². The summed E-state index contributed by atoms with van der Waals surface area (Å²) in [5.41, 5.74) is 0.924. The molecule has 152 valence electrons. The number of hydrogen-bond acceptors (Lipinski definition) is 4. The molecule has 1 aromatic carbocycles. The van der Waals surface area contributed by atoms with Crippen LogP contribution in [0.2, 0.25) is 0 Å². The Morgan fingerprint density at radius 2 is 1.89 bits per heavy atom. The van der Waals surface area contributed by atoms with Gasteiger partial charge in [-0.05, 0) is 30.0 Å². The van der Waals surface area contributed by atoms with Crippen molar-refractivity contribution >= 4 is 28.6 Å². The Kier molecular flexibility index (Phi) is 6.66. The van der Waals surface area contributed by atoms with Gasteiger partial charge in [0.25, 0.3) is 5.91 Å². The predicted molar refractivity (Wildman–Crippen MR) is 107 cm³/mol. The van der Waals surface area contributed by atoms with Crippen LogP contribution >= 0.6 is 0 Å². The van der Waals surface area contributed by atoms with Gasteiger partial charge in [-0.1, -0.05) is 26.8 Å². The fraction of sp³-hybridized carbons (Fsp3) is 0.450. The minimum atomic E-state index is -0.741. The zero-order valence-corrected chi connectivity index (χ0v) is 16.9. The molecule has 4 N–H and O–H groups in total. The molecular weight excluding hydrogens is 360 g/mol. The first-order valence-corrected chi connectivity index (χ1v) is 9.09. The van der Waals surface area contributed by atoms with Gasteiger partial charge >= 0.3 is 0 Å². The van der Waals surface area contributed by atoms with Crippen molar-refractivity contribution in [2.24, 2.45) is 5.41 Å². The molecule has 0 unspecified atom stereocenters. The van der Waals surface area contributed by atoms with Gasteiger partial charge in [0.1, 0.15) is 17.5 Å². The molecule has 0 aliphatic rings. The first-order valence-electron chi connectivity index (χ1n) is 9.09. The van der Waals surface area contributed by atoms with Crippen molar-refractivity contribution in [3.05, 3.63) is 30.0 Å². The molecule has 2 aromatic rings. The van der Waals surface area contributed by atoms with E-state index in [0.717, 1.165) is 10.9 Å². The highest BCUT2D eigenvalue weighted by atomic mass is 16.5. The summed E-state index contributed by atoms with van der Waals surface area (Å²) in [6, 6.07) is 6.45. The van der Waals surface area contributed by atoms with E-state index in [1.54, 1.807) is 13.2 Å². The highest BCUT2D eigenvalue weighted by molar-refractivity contribution is 6.01. The summed E-state index contributed by atoms with van der Waals surface area (Å²) in [7, 11) is 1.57. The lowest BCUT2D eigenvalue weighted by molar-refractivity contribution is -0.124. The summed E-state index contributed by atoms with van der Waals surface area (Å²) in [5, 5.41) is 8.71. The highest BCUT2D eigenvalue weighted by Crippen LogP contribution is 2.26. The van der Waals surface area contributed by atoms with E-state index >= 15 is 0 Å². The van der Waals surface area contributed by atoms with Crippen LogP contribution < -0.4 is 20.7 Å². The van der Waals surface area contributed by atoms with E-state index in [9.17, 15) is 14.4 Å². The van der Waals surface area contributed by atoms with Crippen LogP contribution in [0.4, 0.5) is 0 Å². The maximum absolute atomic E-state index is 12.8. The number of carbonyl (C=O) groups is 3. The van der Waals surface area contributed by atoms with Crippen molar-refractivity contribution in [2.45, 2.75) is 40.2 Å². The second-order valence-electron chi connectivity index (χ2n) is 7.85. The standard InChI is InChI=1S/C20H28N4O4/c1-12(25)21-11-22-18(26)16(10-20(2,3)4)24-19(27)15-9-13-14(23-15)7-6-8-17(13)28-5/h6-9,16,23H,10-11H2,1-5H3,(H,21,25)(H,22,26)(H,24,27)/t16-/m0/s1. The minimum absolute atomic E-state index is 0.00820. The molecule has 0 radical (unpaired) electrons. The summed E-state index contributed by atoms with van der Waals surface area (Å²) in [6.45, 7) is 7.34. The van der Waals surface area contributed by atoms with Gasteiger partial charge in [0.15, 0.2) is 0 Å². The SMILES string of the molecule is COc1cccc2[nH]c(C(=O)N[C@@H](CC(C)(C)C)C(=O)NCNC(C)=O)cc12. The third-order valence-corrected chi connectivity index (χ3v) is 4.13. The van der Waals surface area contributed by atoms with E-state index in [-0.39, 0.29) is 29.8 Å². The lowest BCUT2D eigenvalue weighted by atomic mass is 9.87. The van der Waals surface area contributed by atoms with Gasteiger partial charge < -0.3 is 25.7 Å². The number of benzene rings is 1. The van der Waals surface area contributed by atoms with Gasteiger partial charge in [-0.2, -0.15) is 0 Å². The monoisotopic (exact) mass is 388 g/mol. The van der Waals surface area contributed by atoms with Gasteiger partial charge in [-0.3, -0.25) is 14.4 Å². The molecule has 8 nitrogen and oxygen atoms in total. The molecule has 1 heterocycles. The number of hydrogen-bond donors (Lipinski definition) is 4. The van der Waals surface area contributed by atoms with Crippen LogP contribution in [0.25, 0.3) is 10.9 Å². The summed E-state index contributed by atoms with van der Waals surface area (Å²) < 4.78 is 5.32. The maximum Gasteiger partial charge on any atom is 0.268 e. The molecular formula is C20H28N4O4. The predicted octanol–water partition coefficient (Wildman–Crippen LogP) is 1.92. The molecule has 8 heteroatoms. The van der Waals surface area contributed by atoms with Gasteiger partial charge in [-0.25, -0.2) is 0 Å². The molecule has 0 spiro atoms. The van der Waals surface area contributed by atoms with Gasteiger partial charge in [0.05, 0.1) is 13.8 Å². The average molecular weight is 388 g/mol. The zero-order valence-electron chi connectivity index (χ0n) is 16.9. The molecule has 2 rings (SSSR count). The summed E-state index contributed by atoms with van der Waals surface area (Å²) in [4.78, 5) is 39.3. The summed E-state index contributed by atoms with van der Waals surface area (Å²) in [5.74, 6) is -0.330. The van der Waals surface area contributed by atoms with Crippen LogP contribution in [0.5, 0.6) is 5.75 Å². The van der Waals surface area contributed by atoms with Crippen LogP contribution in [-0.2, 0) is 9.59 Å². The Bertz CT molecular complexity index is 867. The molecule has 3 amide bonds. The number of aromatic nitrogens is 1. The molecule has 0 aliphatic carbocycles. The fourth-order valence-electron chi connectivity index (χ4n) is 2.86. The number of methoxy groups -OCH3 is 1. The number of carbonyl (C=O) groups excluding carboxylic acids is 3. The molecule has 0 fully saturated rings. The number of H-pyrrole nitrogens is 1. The van der Waals surface area contributed by atoms with E-state index in [1.165, 1.54) is 6.92 Å². The lowest BCUT2D eigenvalue weighted by Gasteiger charge is -2.26. The van der Waals surface area contributed by atoms with E-state index in [0.29, 0.717) is 17.9 Å². The minimum Gasteiger partial charge on any atom is -0.496 e. The number of fused-ring (bicyclic) bond motifs is 1. The molecule has 28 heavy (non-hydrogen) atoms. The normalized spacial score (nSPS) is 12.3. The Labute approximate surface area is 164 Å². The van der Waals surface area contributed by atoms with Crippen molar-refractivity contribution in [3.8, 4) is 5.75 Å².